The summed E-state index contributed by atoms with van der Waals surface area (Å²) in [5.74, 6) is 0.572. The fraction of sp³-hybridized carbons (Fsp3) is 0.409. The summed E-state index contributed by atoms with van der Waals surface area (Å²) in [6.07, 6.45) is 1.84. The van der Waals surface area contributed by atoms with Gasteiger partial charge in [0, 0.05) is 31.4 Å². The predicted molar refractivity (Wildman–Crippen MR) is 102 cm³/mol. The number of ether oxygens (including phenoxy) is 2. The molecule has 2 aromatic carbocycles. The lowest BCUT2D eigenvalue weighted by molar-refractivity contribution is -0.122. The van der Waals surface area contributed by atoms with Gasteiger partial charge in [0.2, 0.25) is 5.91 Å². The summed E-state index contributed by atoms with van der Waals surface area (Å²) in [5.41, 5.74) is 3.31. The van der Waals surface area contributed by atoms with E-state index in [0.29, 0.717) is 19.1 Å². The average Bonchev–Trinajstić information content (AvgIpc) is 3.40. The molecule has 0 spiro atoms. The first-order valence-electron chi connectivity index (χ1n) is 9.43. The van der Waals surface area contributed by atoms with Crippen LogP contribution >= 0.6 is 0 Å². The van der Waals surface area contributed by atoms with Gasteiger partial charge in [-0.15, -0.1) is 0 Å². The monoisotopic (exact) mass is 351 g/mol. The number of amides is 1. The molecule has 2 fully saturated rings. The van der Waals surface area contributed by atoms with Crippen LogP contribution in [0.2, 0.25) is 0 Å². The Bertz CT molecular complexity index is 717. The van der Waals surface area contributed by atoms with Crippen molar-refractivity contribution in [3.8, 4) is 11.1 Å². The van der Waals surface area contributed by atoms with Crippen molar-refractivity contribution in [2.24, 2.45) is 11.8 Å². The van der Waals surface area contributed by atoms with Gasteiger partial charge in [0.25, 0.3) is 0 Å². The van der Waals surface area contributed by atoms with E-state index in [9.17, 15) is 4.79 Å². The SMILES string of the molecule is O=C(C1CCOC1)N(CC1CCOC1)c1ccc(-c2ccccc2)cc1. The lowest BCUT2D eigenvalue weighted by Crippen LogP contribution is -2.40. The average molecular weight is 351 g/mol. The Hall–Kier alpha value is -2.17. The minimum Gasteiger partial charge on any atom is -0.381 e. The molecule has 2 aliphatic heterocycles. The fourth-order valence-electron chi connectivity index (χ4n) is 3.72. The highest BCUT2D eigenvalue weighted by Gasteiger charge is 2.31. The van der Waals surface area contributed by atoms with Gasteiger partial charge >= 0.3 is 0 Å². The minimum atomic E-state index is -0.0221. The van der Waals surface area contributed by atoms with E-state index in [1.807, 2.05) is 23.1 Å². The standard InChI is InChI=1S/C22H25NO3/c24-22(20-11-13-26-16-20)23(14-17-10-12-25-15-17)21-8-6-19(7-9-21)18-4-2-1-3-5-18/h1-9,17,20H,10-16H2. The molecule has 0 aliphatic carbocycles. The molecule has 2 heterocycles. The Kier molecular flexibility index (Phi) is 5.32. The molecular formula is C22H25NO3. The lowest BCUT2D eigenvalue weighted by Gasteiger charge is -2.28. The van der Waals surface area contributed by atoms with Crippen LogP contribution in [0.3, 0.4) is 0 Å². The maximum absolute atomic E-state index is 13.1. The zero-order chi connectivity index (χ0) is 17.8. The first kappa shape index (κ1) is 17.3. The van der Waals surface area contributed by atoms with Gasteiger partial charge in [0.05, 0.1) is 19.1 Å². The van der Waals surface area contributed by atoms with E-state index in [1.165, 1.54) is 5.56 Å². The van der Waals surface area contributed by atoms with Crippen LogP contribution < -0.4 is 4.90 Å². The molecule has 0 aromatic heterocycles. The quantitative estimate of drug-likeness (QED) is 0.823. The molecule has 136 valence electrons. The predicted octanol–water partition coefficient (Wildman–Crippen LogP) is 3.76. The maximum Gasteiger partial charge on any atom is 0.232 e. The number of hydrogen-bond donors (Lipinski definition) is 0. The third kappa shape index (κ3) is 3.81. The molecule has 1 amide bonds. The molecule has 2 aliphatic rings. The van der Waals surface area contributed by atoms with Crippen molar-refractivity contribution >= 4 is 11.6 Å². The van der Waals surface area contributed by atoms with E-state index in [0.717, 1.165) is 43.9 Å². The van der Waals surface area contributed by atoms with Gasteiger partial charge in [-0.25, -0.2) is 0 Å². The second kappa shape index (κ2) is 8.02. The van der Waals surface area contributed by atoms with Gasteiger partial charge in [0.15, 0.2) is 0 Å². The van der Waals surface area contributed by atoms with Crippen LogP contribution in [0.25, 0.3) is 11.1 Å². The molecule has 0 N–H and O–H groups in total. The third-order valence-electron chi connectivity index (χ3n) is 5.30. The number of nitrogens with zero attached hydrogens (tertiary/aromatic N) is 1. The van der Waals surface area contributed by atoms with Gasteiger partial charge in [0.1, 0.15) is 0 Å². The van der Waals surface area contributed by atoms with E-state index in [1.54, 1.807) is 0 Å². The van der Waals surface area contributed by atoms with Crippen molar-refractivity contribution in [3.63, 3.8) is 0 Å². The Labute approximate surface area is 154 Å². The van der Waals surface area contributed by atoms with Crippen LogP contribution in [-0.4, -0.2) is 38.9 Å². The Morgan fingerprint density at radius 1 is 0.885 bits per heavy atom. The second-order valence-electron chi connectivity index (χ2n) is 7.15. The Morgan fingerprint density at radius 2 is 1.58 bits per heavy atom. The molecule has 2 atom stereocenters. The van der Waals surface area contributed by atoms with Crippen LogP contribution in [-0.2, 0) is 14.3 Å². The summed E-state index contributed by atoms with van der Waals surface area (Å²) in [4.78, 5) is 15.0. The fourth-order valence-corrected chi connectivity index (χ4v) is 3.72. The molecule has 2 aromatic rings. The number of benzene rings is 2. The van der Waals surface area contributed by atoms with E-state index in [4.69, 9.17) is 9.47 Å². The number of rotatable bonds is 5. The van der Waals surface area contributed by atoms with Crippen molar-refractivity contribution in [3.05, 3.63) is 54.6 Å². The molecule has 2 unspecified atom stereocenters. The zero-order valence-corrected chi connectivity index (χ0v) is 15.0. The summed E-state index contributed by atoms with van der Waals surface area (Å²) in [7, 11) is 0. The molecule has 4 rings (SSSR count). The molecule has 0 bridgehead atoms. The van der Waals surface area contributed by atoms with Gasteiger partial charge in [-0.05, 0) is 36.1 Å². The van der Waals surface area contributed by atoms with Crippen LogP contribution in [0.4, 0.5) is 5.69 Å². The zero-order valence-electron chi connectivity index (χ0n) is 15.0. The largest absolute Gasteiger partial charge is 0.381 e. The second-order valence-corrected chi connectivity index (χ2v) is 7.15. The van der Waals surface area contributed by atoms with E-state index < -0.39 is 0 Å². The molecule has 4 heteroatoms. The van der Waals surface area contributed by atoms with Gasteiger partial charge in [-0.2, -0.15) is 0 Å². The molecular weight excluding hydrogens is 326 g/mol. The summed E-state index contributed by atoms with van der Waals surface area (Å²) in [6.45, 7) is 3.49. The summed E-state index contributed by atoms with van der Waals surface area (Å²) in [6, 6.07) is 18.6. The molecule has 2 saturated heterocycles. The highest BCUT2D eigenvalue weighted by molar-refractivity contribution is 5.95. The third-order valence-corrected chi connectivity index (χ3v) is 5.30. The number of anilines is 1. The molecule has 0 radical (unpaired) electrons. The van der Waals surface area contributed by atoms with Crippen molar-refractivity contribution in [1.82, 2.24) is 0 Å². The summed E-state index contributed by atoms with van der Waals surface area (Å²) < 4.78 is 11.0. The Balaban J connectivity index is 1.56. The maximum atomic E-state index is 13.1. The van der Waals surface area contributed by atoms with E-state index in [2.05, 4.69) is 36.4 Å². The topological polar surface area (TPSA) is 38.8 Å². The van der Waals surface area contributed by atoms with E-state index in [-0.39, 0.29) is 11.8 Å². The van der Waals surface area contributed by atoms with Crippen molar-refractivity contribution in [2.75, 3.05) is 37.9 Å². The first-order chi connectivity index (χ1) is 12.8. The summed E-state index contributed by atoms with van der Waals surface area (Å²) in [5, 5.41) is 0. The molecule has 4 nitrogen and oxygen atoms in total. The highest BCUT2D eigenvalue weighted by Crippen LogP contribution is 2.27. The van der Waals surface area contributed by atoms with Crippen molar-refractivity contribution in [2.45, 2.75) is 12.8 Å². The Morgan fingerprint density at radius 3 is 2.23 bits per heavy atom. The van der Waals surface area contributed by atoms with Gasteiger partial charge < -0.3 is 14.4 Å². The van der Waals surface area contributed by atoms with Crippen LogP contribution in [0.15, 0.2) is 54.6 Å². The van der Waals surface area contributed by atoms with Crippen molar-refractivity contribution in [1.29, 1.82) is 0 Å². The number of carbonyl (C=O) groups is 1. The number of carbonyl (C=O) groups excluding carboxylic acids is 1. The van der Waals surface area contributed by atoms with Gasteiger partial charge in [-0.1, -0.05) is 42.5 Å². The van der Waals surface area contributed by atoms with Crippen LogP contribution in [0.1, 0.15) is 12.8 Å². The van der Waals surface area contributed by atoms with Crippen molar-refractivity contribution < 1.29 is 14.3 Å². The van der Waals surface area contributed by atoms with Gasteiger partial charge in [-0.3, -0.25) is 4.79 Å². The first-order valence-corrected chi connectivity index (χ1v) is 9.43. The smallest absolute Gasteiger partial charge is 0.232 e. The lowest BCUT2D eigenvalue weighted by atomic mass is 10.0. The summed E-state index contributed by atoms with van der Waals surface area (Å²) >= 11 is 0. The normalized spacial score (nSPS) is 22.5. The number of hydrogen-bond acceptors (Lipinski definition) is 3. The highest BCUT2D eigenvalue weighted by atomic mass is 16.5. The molecule has 26 heavy (non-hydrogen) atoms. The molecule has 0 saturated carbocycles. The van der Waals surface area contributed by atoms with Crippen LogP contribution in [0.5, 0.6) is 0 Å². The van der Waals surface area contributed by atoms with Crippen LogP contribution in [0, 0.1) is 11.8 Å². The van der Waals surface area contributed by atoms with E-state index >= 15 is 0 Å². The minimum absolute atomic E-state index is 0.0221.